The van der Waals surface area contributed by atoms with Crippen LogP contribution in [0.15, 0.2) is 48.2 Å². The molecule has 0 saturated carbocycles. The Kier molecular flexibility index (Phi) is 4.87. The monoisotopic (exact) mass is 286 g/mol. The predicted molar refractivity (Wildman–Crippen MR) is 75.8 cm³/mol. The van der Waals surface area contributed by atoms with Gasteiger partial charge in [0, 0.05) is 12.1 Å². The van der Waals surface area contributed by atoms with E-state index in [-0.39, 0.29) is 6.61 Å². The smallest absolute Gasteiger partial charge is 0.373 e. The Morgan fingerprint density at radius 2 is 1.95 bits per heavy atom. The van der Waals surface area contributed by atoms with E-state index < -0.39 is 11.7 Å². The molecule has 6 nitrogen and oxygen atoms in total. The van der Waals surface area contributed by atoms with Crippen molar-refractivity contribution in [2.75, 3.05) is 6.61 Å². The summed E-state index contributed by atoms with van der Waals surface area (Å²) in [6, 6.07) is 12.3. The van der Waals surface area contributed by atoms with Crippen molar-refractivity contribution in [2.24, 2.45) is 0 Å². The highest BCUT2D eigenvalue weighted by Gasteiger charge is 2.08. The fourth-order valence-electron chi connectivity index (χ4n) is 1.48. The van der Waals surface area contributed by atoms with E-state index >= 15 is 0 Å². The minimum atomic E-state index is -0.802. The molecule has 0 amide bonds. The number of esters is 1. The summed E-state index contributed by atoms with van der Waals surface area (Å²) >= 11 is 0. The van der Waals surface area contributed by atoms with E-state index in [9.17, 15) is 9.90 Å². The summed E-state index contributed by atoms with van der Waals surface area (Å²) in [4.78, 5) is 11.2. The van der Waals surface area contributed by atoms with Crippen molar-refractivity contribution in [3.8, 4) is 11.6 Å². The number of ether oxygens (including phenoxy) is 2. The highest BCUT2D eigenvalue weighted by molar-refractivity contribution is 5.90. The standard InChI is InChI=1S/C15H14N2O4/c1-2-20-15(19)13(18)10-11-8-9-14(17-16-11)21-12-6-4-3-5-7-12/h3-10,18H,2H2,1H3/b13-10-. The van der Waals surface area contributed by atoms with Gasteiger partial charge in [-0.1, -0.05) is 18.2 Å². The van der Waals surface area contributed by atoms with Gasteiger partial charge in [0.15, 0.2) is 0 Å². The van der Waals surface area contributed by atoms with E-state index in [2.05, 4.69) is 14.9 Å². The normalized spacial score (nSPS) is 11.0. The Hall–Kier alpha value is -2.89. The van der Waals surface area contributed by atoms with Crippen LogP contribution in [-0.4, -0.2) is 27.9 Å². The van der Waals surface area contributed by atoms with Gasteiger partial charge in [-0.15, -0.1) is 10.2 Å². The number of carbonyl (C=O) groups excluding carboxylic acids is 1. The maximum atomic E-state index is 11.2. The highest BCUT2D eigenvalue weighted by atomic mass is 16.5. The van der Waals surface area contributed by atoms with Gasteiger partial charge in [-0.2, -0.15) is 0 Å². The maximum Gasteiger partial charge on any atom is 0.373 e. The quantitative estimate of drug-likeness (QED) is 0.517. The third-order valence-electron chi connectivity index (χ3n) is 2.40. The molecular weight excluding hydrogens is 272 g/mol. The van der Waals surface area contributed by atoms with Crippen LogP contribution in [0.1, 0.15) is 12.6 Å². The molecule has 1 heterocycles. The number of carbonyl (C=O) groups is 1. The molecule has 0 aliphatic heterocycles. The zero-order valence-electron chi connectivity index (χ0n) is 11.4. The lowest BCUT2D eigenvalue weighted by Crippen LogP contribution is -2.07. The van der Waals surface area contributed by atoms with Crippen LogP contribution >= 0.6 is 0 Å². The number of aromatic nitrogens is 2. The summed E-state index contributed by atoms with van der Waals surface area (Å²) in [5.74, 6) is -0.370. The van der Waals surface area contributed by atoms with Crippen LogP contribution < -0.4 is 4.74 Å². The van der Waals surface area contributed by atoms with Gasteiger partial charge in [-0.25, -0.2) is 4.79 Å². The molecule has 2 aromatic rings. The van der Waals surface area contributed by atoms with Crippen molar-refractivity contribution in [1.82, 2.24) is 10.2 Å². The molecule has 1 aromatic carbocycles. The van der Waals surface area contributed by atoms with E-state index in [0.717, 1.165) is 0 Å². The number of aliphatic hydroxyl groups excluding tert-OH is 1. The molecule has 0 aliphatic rings. The Morgan fingerprint density at radius 3 is 2.57 bits per heavy atom. The predicted octanol–water partition coefficient (Wildman–Crippen LogP) is 2.73. The van der Waals surface area contributed by atoms with E-state index in [1.54, 1.807) is 31.2 Å². The first-order valence-corrected chi connectivity index (χ1v) is 6.33. The molecule has 21 heavy (non-hydrogen) atoms. The molecule has 1 N–H and O–H groups in total. The fourth-order valence-corrected chi connectivity index (χ4v) is 1.48. The van der Waals surface area contributed by atoms with Gasteiger partial charge in [0.1, 0.15) is 5.75 Å². The van der Waals surface area contributed by atoms with Gasteiger partial charge in [0.05, 0.1) is 12.3 Å². The zero-order valence-corrected chi connectivity index (χ0v) is 11.4. The first-order chi connectivity index (χ1) is 10.2. The van der Waals surface area contributed by atoms with Gasteiger partial charge in [-0.3, -0.25) is 0 Å². The van der Waals surface area contributed by atoms with Crippen LogP contribution in [0, 0.1) is 0 Å². The number of nitrogens with zero attached hydrogens (tertiary/aromatic N) is 2. The molecule has 0 bridgehead atoms. The summed E-state index contributed by atoms with van der Waals surface area (Å²) < 4.78 is 10.1. The second kappa shape index (κ2) is 7.04. The van der Waals surface area contributed by atoms with Crippen LogP contribution in [0.3, 0.4) is 0 Å². The first kappa shape index (κ1) is 14.5. The highest BCUT2D eigenvalue weighted by Crippen LogP contribution is 2.18. The van der Waals surface area contributed by atoms with Gasteiger partial charge in [0.2, 0.25) is 11.6 Å². The Morgan fingerprint density at radius 1 is 1.19 bits per heavy atom. The largest absolute Gasteiger partial charge is 0.502 e. The van der Waals surface area contributed by atoms with Crippen LogP contribution in [0.5, 0.6) is 11.6 Å². The molecule has 2 rings (SSSR count). The van der Waals surface area contributed by atoms with Crippen molar-refractivity contribution in [3.63, 3.8) is 0 Å². The summed E-state index contributed by atoms with van der Waals surface area (Å²) in [7, 11) is 0. The number of benzene rings is 1. The van der Waals surface area contributed by atoms with E-state index in [4.69, 9.17) is 4.74 Å². The lowest BCUT2D eigenvalue weighted by atomic mass is 10.3. The van der Waals surface area contributed by atoms with Crippen LogP contribution in [0.2, 0.25) is 0 Å². The third kappa shape index (κ3) is 4.31. The van der Waals surface area contributed by atoms with Crippen LogP contribution in [0.25, 0.3) is 6.08 Å². The molecule has 6 heteroatoms. The fraction of sp³-hybridized carbons (Fsp3) is 0.133. The van der Waals surface area contributed by atoms with E-state index in [1.165, 1.54) is 6.08 Å². The molecule has 0 radical (unpaired) electrons. The Balaban J connectivity index is 2.05. The molecule has 1 aromatic heterocycles. The van der Waals surface area contributed by atoms with Crippen LogP contribution in [-0.2, 0) is 9.53 Å². The first-order valence-electron chi connectivity index (χ1n) is 6.33. The average Bonchev–Trinajstić information content (AvgIpc) is 2.50. The second-order valence-electron chi connectivity index (χ2n) is 3.96. The topological polar surface area (TPSA) is 81.5 Å². The van der Waals surface area contributed by atoms with Crippen molar-refractivity contribution in [3.05, 3.63) is 53.9 Å². The van der Waals surface area contributed by atoms with Gasteiger partial charge < -0.3 is 14.6 Å². The minimum absolute atomic E-state index is 0.187. The van der Waals surface area contributed by atoms with Crippen LogP contribution in [0.4, 0.5) is 0 Å². The third-order valence-corrected chi connectivity index (χ3v) is 2.40. The summed E-state index contributed by atoms with van der Waals surface area (Å²) in [6.45, 7) is 1.84. The van der Waals surface area contributed by atoms with E-state index in [0.29, 0.717) is 17.3 Å². The molecule has 0 saturated heterocycles. The maximum absolute atomic E-state index is 11.2. The molecule has 108 valence electrons. The van der Waals surface area contributed by atoms with E-state index in [1.807, 2.05) is 18.2 Å². The average molecular weight is 286 g/mol. The Labute approximate surface area is 121 Å². The number of hydrogen-bond donors (Lipinski definition) is 1. The summed E-state index contributed by atoms with van der Waals surface area (Å²) in [5, 5.41) is 17.2. The summed E-state index contributed by atoms with van der Waals surface area (Å²) in [5.41, 5.74) is 0.320. The SMILES string of the molecule is CCOC(=O)/C(O)=C/c1ccc(Oc2ccccc2)nn1. The molecular formula is C15H14N2O4. The molecule has 0 aliphatic carbocycles. The van der Waals surface area contributed by atoms with Crippen molar-refractivity contribution in [1.29, 1.82) is 0 Å². The second-order valence-corrected chi connectivity index (χ2v) is 3.96. The van der Waals surface area contributed by atoms with Crippen molar-refractivity contribution in [2.45, 2.75) is 6.92 Å². The van der Waals surface area contributed by atoms with Crippen molar-refractivity contribution < 1.29 is 19.4 Å². The molecule has 0 fully saturated rings. The van der Waals surface area contributed by atoms with Crippen molar-refractivity contribution >= 4 is 12.0 Å². The number of hydrogen-bond acceptors (Lipinski definition) is 6. The number of para-hydroxylation sites is 1. The van der Waals surface area contributed by atoms with Gasteiger partial charge in [-0.05, 0) is 25.1 Å². The zero-order chi connectivity index (χ0) is 15.1. The lowest BCUT2D eigenvalue weighted by Gasteiger charge is -2.03. The number of rotatable bonds is 5. The molecule has 0 atom stereocenters. The summed E-state index contributed by atoms with van der Waals surface area (Å²) in [6.07, 6.45) is 1.18. The molecule has 0 unspecified atom stereocenters. The minimum Gasteiger partial charge on any atom is -0.502 e. The molecule has 0 spiro atoms. The number of aliphatic hydroxyl groups is 1. The van der Waals surface area contributed by atoms with Gasteiger partial charge >= 0.3 is 5.97 Å². The Bertz CT molecular complexity index is 624. The lowest BCUT2D eigenvalue weighted by molar-refractivity contribution is -0.141. The van der Waals surface area contributed by atoms with Gasteiger partial charge in [0.25, 0.3) is 0 Å².